The lowest BCUT2D eigenvalue weighted by atomic mass is 10.0. The Kier molecular flexibility index (Phi) is 2.80. The molecule has 0 aliphatic rings. The average molecular weight is 248 g/mol. The first-order valence-corrected chi connectivity index (χ1v) is 4.94. The van der Waals surface area contributed by atoms with Gasteiger partial charge in [-0.25, -0.2) is 4.79 Å². The predicted octanol–water partition coefficient (Wildman–Crippen LogP) is 2.26. The molecule has 92 valence electrons. The highest BCUT2D eigenvalue weighted by atomic mass is 16.6. The SMILES string of the molecule is Cc1ccc([N+](=O)[O-])cc1-c1cc(C(=O)O)on1. The maximum Gasteiger partial charge on any atom is 0.374 e. The van der Waals surface area contributed by atoms with Gasteiger partial charge >= 0.3 is 5.97 Å². The molecular weight excluding hydrogens is 240 g/mol. The Morgan fingerprint density at radius 1 is 1.44 bits per heavy atom. The second-order valence-corrected chi connectivity index (χ2v) is 3.64. The Morgan fingerprint density at radius 2 is 2.17 bits per heavy atom. The molecule has 0 spiro atoms. The topological polar surface area (TPSA) is 106 Å². The molecule has 0 radical (unpaired) electrons. The van der Waals surface area contributed by atoms with Crippen molar-refractivity contribution < 1.29 is 19.3 Å². The van der Waals surface area contributed by atoms with Gasteiger partial charge in [-0.3, -0.25) is 10.1 Å². The van der Waals surface area contributed by atoms with Gasteiger partial charge in [0.1, 0.15) is 5.69 Å². The minimum absolute atomic E-state index is 0.0875. The van der Waals surface area contributed by atoms with Gasteiger partial charge in [0.05, 0.1) is 4.92 Å². The zero-order chi connectivity index (χ0) is 13.3. The first-order chi connectivity index (χ1) is 8.49. The first-order valence-electron chi connectivity index (χ1n) is 4.94. The van der Waals surface area contributed by atoms with Gasteiger partial charge in [0.2, 0.25) is 5.76 Å². The third-order valence-electron chi connectivity index (χ3n) is 2.43. The number of hydrogen-bond donors (Lipinski definition) is 1. The summed E-state index contributed by atoms with van der Waals surface area (Å²) in [5.41, 5.74) is 1.38. The molecule has 0 saturated heterocycles. The van der Waals surface area contributed by atoms with Crippen LogP contribution in [0.1, 0.15) is 16.1 Å². The quantitative estimate of drug-likeness (QED) is 0.659. The van der Waals surface area contributed by atoms with Crippen molar-refractivity contribution in [2.24, 2.45) is 0 Å². The third-order valence-corrected chi connectivity index (χ3v) is 2.43. The van der Waals surface area contributed by atoms with Crippen molar-refractivity contribution in [3.05, 3.63) is 45.7 Å². The van der Waals surface area contributed by atoms with Gasteiger partial charge in [-0.1, -0.05) is 11.2 Å². The molecule has 1 heterocycles. The summed E-state index contributed by atoms with van der Waals surface area (Å²) in [5.74, 6) is -1.55. The number of hydrogen-bond acceptors (Lipinski definition) is 5. The summed E-state index contributed by atoms with van der Waals surface area (Å²) in [6.45, 7) is 1.74. The van der Waals surface area contributed by atoms with Crippen LogP contribution in [0.2, 0.25) is 0 Å². The number of carboxylic acid groups (broad SMARTS) is 1. The van der Waals surface area contributed by atoms with E-state index < -0.39 is 10.9 Å². The number of nitrogens with zero attached hydrogens (tertiary/aromatic N) is 2. The first kappa shape index (κ1) is 11.8. The van der Waals surface area contributed by atoms with E-state index in [4.69, 9.17) is 5.11 Å². The monoisotopic (exact) mass is 248 g/mol. The number of carbonyl (C=O) groups is 1. The van der Waals surface area contributed by atoms with Crippen molar-refractivity contribution in [1.29, 1.82) is 0 Å². The molecule has 2 rings (SSSR count). The zero-order valence-corrected chi connectivity index (χ0v) is 9.28. The van der Waals surface area contributed by atoms with Crippen LogP contribution in [0.25, 0.3) is 11.3 Å². The summed E-state index contributed by atoms with van der Waals surface area (Å²) in [7, 11) is 0. The largest absolute Gasteiger partial charge is 0.475 e. The zero-order valence-electron chi connectivity index (χ0n) is 9.28. The van der Waals surface area contributed by atoms with Crippen LogP contribution in [-0.2, 0) is 0 Å². The Morgan fingerprint density at radius 3 is 2.72 bits per heavy atom. The molecule has 1 aromatic heterocycles. The number of benzene rings is 1. The standard InChI is InChI=1S/C11H8N2O5/c1-6-2-3-7(13(16)17)4-8(6)9-5-10(11(14)15)18-12-9/h2-5H,1H3,(H,14,15). The van der Waals surface area contributed by atoms with Gasteiger partial charge in [0, 0.05) is 23.8 Å². The minimum Gasteiger partial charge on any atom is -0.475 e. The van der Waals surface area contributed by atoms with E-state index >= 15 is 0 Å². The summed E-state index contributed by atoms with van der Waals surface area (Å²) in [6.07, 6.45) is 0. The fraction of sp³-hybridized carbons (Fsp3) is 0.0909. The van der Waals surface area contributed by atoms with E-state index in [0.717, 1.165) is 5.56 Å². The van der Waals surface area contributed by atoms with Crippen LogP contribution >= 0.6 is 0 Å². The Labute approximate surface area is 101 Å². The Hall–Kier alpha value is -2.70. The van der Waals surface area contributed by atoms with Crippen LogP contribution in [0.3, 0.4) is 0 Å². The number of non-ortho nitro benzene ring substituents is 1. The molecule has 0 saturated carbocycles. The molecule has 0 aliphatic carbocycles. The Balaban J connectivity index is 2.51. The lowest BCUT2D eigenvalue weighted by Crippen LogP contribution is -1.92. The molecule has 0 aliphatic heterocycles. The van der Waals surface area contributed by atoms with E-state index in [-0.39, 0.29) is 17.1 Å². The van der Waals surface area contributed by atoms with E-state index in [0.29, 0.717) is 5.56 Å². The smallest absolute Gasteiger partial charge is 0.374 e. The second kappa shape index (κ2) is 4.28. The van der Waals surface area contributed by atoms with Crippen LogP contribution in [-0.4, -0.2) is 21.2 Å². The molecule has 0 fully saturated rings. The predicted molar refractivity (Wildman–Crippen MR) is 60.3 cm³/mol. The number of aryl methyl sites for hydroxylation is 1. The van der Waals surface area contributed by atoms with Crippen LogP contribution < -0.4 is 0 Å². The molecule has 0 amide bonds. The van der Waals surface area contributed by atoms with Gasteiger partial charge in [-0.15, -0.1) is 0 Å². The molecule has 1 aromatic carbocycles. The van der Waals surface area contributed by atoms with Crippen molar-refractivity contribution in [2.45, 2.75) is 6.92 Å². The van der Waals surface area contributed by atoms with Gasteiger partial charge in [-0.2, -0.15) is 0 Å². The van der Waals surface area contributed by atoms with E-state index in [1.54, 1.807) is 13.0 Å². The van der Waals surface area contributed by atoms with Crippen molar-refractivity contribution in [3.8, 4) is 11.3 Å². The molecule has 0 atom stereocenters. The van der Waals surface area contributed by atoms with E-state index in [2.05, 4.69) is 9.68 Å². The average Bonchev–Trinajstić information content (AvgIpc) is 2.78. The van der Waals surface area contributed by atoms with E-state index in [1.165, 1.54) is 18.2 Å². The summed E-state index contributed by atoms with van der Waals surface area (Å²) in [5, 5.41) is 23.0. The van der Waals surface area contributed by atoms with Crippen molar-refractivity contribution in [2.75, 3.05) is 0 Å². The van der Waals surface area contributed by atoms with Crippen molar-refractivity contribution >= 4 is 11.7 Å². The minimum atomic E-state index is -1.24. The maximum atomic E-state index is 10.7. The maximum absolute atomic E-state index is 10.7. The molecule has 0 unspecified atom stereocenters. The molecule has 2 aromatic rings. The molecule has 7 heteroatoms. The molecule has 7 nitrogen and oxygen atoms in total. The summed E-state index contributed by atoms with van der Waals surface area (Å²) in [6, 6.07) is 5.51. The van der Waals surface area contributed by atoms with Gasteiger partial charge in [0.25, 0.3) is 5.69 Å². The number of nitro groups is 1. The summed E-state index contributed by atoms with van der Waals surface area (Å²) >= 11 is 0. The highest BCUT2D eigenvalue weighted by Gasteiger charge is 2.16. The lowest BCUT2D eigenvalue weighted by Gasteiger charge is -2.00. The van der Waals surface area contributed by atoms with E-state index in [1.807, 2.05) is 0 Å². The fourth-order valence-corrected chi connectivity index (χ4v) is 1.50. The normalized spacial score (nSPS) is 10.3. The number of nitro benzene ring substituents is 1. The van der Waals surface area contributed by atoms with Gasteiger partial charge in [0.15, 0.2) is 0 Å². The molecule has 0 bridgehead atoms. The highest BCUT2D eigenvalue weighted by molar-refractivity contribution is 5.86. The molecular formula is C11H8N2O5. The number of rotatable bonds is 3. The summed E-state index contributed by atoms with van der Waals surface area (Å²) in [4.78, 5) is 20.8. The fourth-order valence-electron chi connectivity index (χ4n) is 1.50. The van der Waals surface area contributed by atoms with Gasteiger partial charge in [-0.05, 0) is 12.5 Å². The summed E-state index contributed by atoms with van der Waals surface area (Å²) < 4.78 is 4.62. The van der Waals surface area contributed by atoms with Crippen molar-refractivity contribution in [1.82, 2.24) is 5.16 Å². The molecule has 1 N–H and O–H groups in total. The second-order valence-electron chi connectivity index (χ2n) is 3.64. The van der Waals surface area contributed by atoms with Crippen molar-refractivity contribution in [3.63, 3.8) is 0 Å². The highest BCUT2D eigenvalue weighted by Crippen LogP contribution is 2.27. The van der Waals surface area contributed by atoms with Crippen LogP contribution in [0.4, 0.5) is 5.69 Å². The number of aromatic nitrogens is 1. The van der Waals surface area contributed by atoms with Crippen LogP contribution in [0, 0.1) is 17.0 Å². The van der Waals surface area contributed by atoms with Crippen LogP contribution in [0.15, 0.2) is 28.8 Å². The number of carboxylic acids is 1. The van der Waals surface area contributed by atoms with Crippen LogP contribution in [0.5, 0.6) is 0 Å². The Bertz CT molecular complexity index is 632. The lowest BCUT2D eigenvalue weighted by molar-refractivity contribution is -0.384. The number of aromatic carboxylic acids is 1. The van der Waals surface area contributed by atoms with Gasteiger partial charge < -0.3 is 9.63 Å². The third kappa shape index (κ3) is 2.05. The van der Waals surface area contributed by atoms with E-state index in [9.17, 15) is 14.9 Å². The molecule has 18 heavy (non-hydrogen) atoms.